The first-order valence-electron chi connectivity index (χ1n) is 9.29. The standard InChI is InChI=1S/C19H28N2O5/c1-4-6-10-20-12-16(18(23)21(19(20)24)11-7-5-2)17-9-8-15(13-25-17)26-14(3)22/h8-9,12,15,17H,4-7,10-11,13H2,1-3H3/t15-,17+/m1/s1. The maximum absolute atomic E-state index is 12.8. The maximum Gasteiger partial charge on any atom is 0.330 e. The Balaban J connectivity index is 2.36. The molecule has 7 heteroatoms. The molecule has 1 aliphatic heterocycles. The van der Waals surface area contributed by atoms with E-state index in [-0.39, 0.29) is 23.8 Å². The molecule has 2 atom stereocenters. The molecule has 0 saturated carbocycles. The number of aryl methyl sites for hydroxylation is 1. The Labute approximate surface area is 153 Å². The first kappa shape index (κ1) is 20.2. The molecule has 0 unspecified atom stereocenters. The van der Waals surface area contributed by atoms with Crippen LogP contribution in [0.1, 0.15) is 58.1 Å². The molecule has 0 saturated heterocycles. The fourth-order valence-corrected chi connectivity index (χ4v) is 2.89. The summed E-state index contributed by atoms with van der Waals surface area (Å²) in [4.78, 5) is 36.5. The summed E-state index contributed by atoms with van der Waals surface area (Å²) in [5.74, 6) is -0.378. The van der Waals surface area contributed by atoms with Gasteiger partial charge >= 0.3 is 11.7 Å². The number of esters is 1. The van der Waals surface area contributed by atoms with Crippen molar-refractivity contribution in [3.05, 3.63) is 44.8 Å². The van der Waals surface area contributed by atoms with E-state index < -0.39 is 12.2 Å². The van der Waals surface area contributed by atoms with E-state index in [9.17, 15) is 14.4 Å². The lowest BCUT2D eigenvalue weighted by molar-refractivity contribution is -0.148. The third-order valence-electron chi connectivity index (χ3n) is 4.32. The van der Waals surface area contributed by atoms with E-state index in [1.165, 1.54) is 11.5 Å². The molecule has 1 aliphatic rings. The quantitative estimate of drug-likeness (QED) is 0.522. The van der Waals surface area contributed by atoms with Crippen molar-refractivity contribution in [2.45, 2.75) is 71.8 Å². The van der Waals surface area contributed by atoms with Gasteiger partial charge in [-0.2, -0.15) is 0 Å². The summed E-state index contributed by atoms with van der Waals surface area (Å²) in [5.41, 5.74) is -0.135. The second-order valence-electron chi connectivity index (χ2n) is 6.51. The number of ether oxygens (including phenoxy) is 2. The van der Waals surface area contributed by atoms with Crippen LogP contribution < -0.4 is 11.2 Å². The zero-order chi connectivity index (χ0) is 19.1. The Morgan fingerprint density at radius 3 is 2.46 bits per heavy atom. The second-order valence-corrected chi connectivity index (χ2v) is 6.51. The van der Waals surface area contributed by atoms with E-state index in [2.05, 4.69) is 6.92 Å². The van der Waals surface area contributed by atoms with Gasteiger partial charge in [0.25, 0.3) is 5.56 Å². The Morgan fingerprint density at radius 1 is 1.19 bits per heavy atom. The molecule has 0 bridgehead atoms. The number of unbranched alkanes of at least 4 members (excludes halogenated alkanes) is 2. The number of rotatable bonds is 8. The summed E-state index contributed by atoms with van der Waals surface area (Å²) in [6.07, 6.45) is 7.55. The molecule has 2 heterocycles. The molecule has 0 spiro atoms. The van der Waals surface area contributed by atoms with Crippen LogP contribution in [0.5, 0.6) is 0 Å². The van der Waals surface area contributed by atoms with Crippen LogP contribution in [0, 0.1) is 0 Å². The minimum absolute atomic E-state index is 0.184. The number of hydrogen-bond donors (Lipinski definition) is 0. The van der Waals surface area contributed by atoms with E-state index in [1.807, 2.05) is 6.92 Å². The Kier molecular flexibility index (Phi) is 7.38. The van der Waals surface area contributed by atoms with Gasteiger partial charge < -0.3 is 14.0 Å². The van der Waals surface area contributed by atoms with Crippen molar-refractivity contribution >= 4 is 5.97 Å². The van der Waals surface area contributed by atoms with Crippen LogP contribution in [0.2, 0.25) is 0 Å². The van der Waals surface area contributed by atoms with Crippen LogP contribution in [-0.4, -0.2) is 27.8 Å². The Hall–Kier alpha value is -2.15. The summed E-state index contributed by atoms with van der Waals surface area (Å²) in [6, 6.07) is 0. The normalized spacial score (nSPS) is 19.5. The van der Waals surface area contributed by atoms with Gasteiger partial charge in [0.1, 0.15) is 12.2 Å². The molecule has 26 heavy (non-hydrogen) atoms. The first-order valence-corrected chi connectivity index (χ1v) is 9.29. The van der Waals surface area contributed by atoms with E-state index in [1.54, 1.807) is 22.9 Å². The van der Waals surface area contributed by atoms with Crippen LogP contribution in [0.15, 0.2) is 27.9 Å². The lowest BCUT2D eigenvalue weighted by atomic mass is 10.1. The zero-order valence-electron chi connectivity index (χ0n) is 15.8. The van der Waals surface area contributed by atoms with Gasteiger partial charge in [0, 0.05) is 26.2 Å². The Bertz CT molecular complexity index is 762. The summed E-state index contributed by atoms with van der Waals surface area (Å²) >= 11 is 0. The maximum atomic E-state index is 12.8. The number of carbonyl (C=O) groups is 1. The number of nitrogens with zero attached hydrogens (tertiary/aromatic N) is 2. The molecule has 0 N–H and O–H groups in total. The predicted octanol–water partition coefficient (Wildman–Crippen LogP) is 2.17. The monoisotopic (exact) mass is 364 g/mol. The highest BCUT2D eigenvalue weighted by atomic mass is 16.6. The van der Waals surface area contributed by atoms with Crippen molar-refractivity contribution in [1.82, 2.24) is 9.13 Å². The van der Waals surface area contributed by atoms with E-state index in [0.717, 1.165) is 25.7 Å². The average Bonchev–Trinajstić information content (AvgIpc) is 2.61. The summed E-state index contributed by atoms with van der Waals surface area (Å²) in [5, 5.41) is 0. The van der Waals surface area contributed by atoms with Crippen molar-refractivity contribution in [2.24, 2.45) is 0 Å². The highest BCUT2D eigenvalue weighted by molar-refractivity contribution is 5.66. The van der Waals surface area contributed by atoms with Gasteiger partial charge in [-0.15, -0.1) is 0 Å². The molecule has 0 aliphatic carbocycles. The third-order valence-corrected chi connectivity index (χ3v) is 4.32. The van der Waals surface area contributed by atoms with E-state index in [0.29, 0.717) is 18.7 Å². The summed E-state index contributed by atoms with van der Waals surface area (Å²) in [6.45, 7) is 6.58. The summed E-state index contributed by atoms with van der Waals surface area (Å²) < 4.78 is 13.7. The minimum Gasteiger partial charge on any atom is -0.456 e. The lowest BCUT2D eigenvalue weighted by Crippen LogP contribution is -2.42. The van der Waals surface area contributed by atoms with Crippen LogP contribution in [0.4, 0.5) is 0 Å². The average molecular weight is 364 g/mol. The number of carbonyl (C=O) groups excluding carboxylic acids is 1. The van der Waals surface area contributed by atoms with Crippen molar-refractivity contribution < 1.29 is 14.3 Å². The van der Waals surface area contributed by atoms with E-state index in [4.69, 9.17) is 9.47 Å². The minimum atomic E-state index is -0.546. The third kappa shape index (κ3) is 4.94. The molecule has 2 rings (SSSR count). The van der Waals surface area contributed by atoms with Crippen LogP contribution >= 0.6 is 0 Å². The predicted molar refractivity (Wildman–Crippen MR) is 98.2 cm³/mol. The van der Waals surface area contributed by atoms with E-state index >= 15 is 0 Å². The molecule has 0 fully saturated rings. The molecule has 144 valence electrons. The van der Waals surface area contributed by atoms with Gasteiger partial charge in [-0.3, -0.25) is 14.2 Å². The van der Waals surface area contributed by atoms with Gasteiger partial charge in [0.15, 0.2) is 0 Å². The fourth-order valence-electron chi connectivity index (χ4n) is 2.89. The summed E-state index contributed by atoms with van der Waals surface area (Å²) in [7, 11) is 0. The highest BCUT2D eigenvalue weighted by Crippen LogP contribution is 2.21. The molecule has 1 aromatic heterocycles. The van der Waals surface area contributed by atoms with Gasteiger partial charge in [-0.1, -0.05) is 32.8 Å². The molecule has 1 aromatic rings. The number of aromatic nitrogens is 2. The van der Waals surface area contributed by atoms with Gasteiger partial charge in [0.05, 0.1) is 12.2 Å². The smallest absolute Gasteiger partial charge is 0.330 e. The molecular weight excluding hydrogens is 336 g/mol. The lowest BCUT2D eigenvalue weighted by Gasteiger charge is -2.24. The molecule has 0 radical (unpaired) electrons. The van der Waals surface area contributed by atoms with Gasteiger partial charge in [0.2, 0.25) is 0 Å². The van der Waals surface area contributed by atoms with Crippen LogP contribution in [-0.2, 0) is 27.4 Å². The van der Waals surface area contributed by atoms with Gasteiger partial charge in [-0.25, -0.2) is 4.79 Å². The Morgan fingerprint density at radius 2 is 1.88 bits per heavy atom. The van der Waals surface area contributed by atoms with Crippen molar-refractivity contribution in [1.29, 1.82) is 0 Å². The molecule has 0 amide bonds. The topological polar surface area (TPSA) is 79.5 Å². The van der Waals surface area contributed by atoms with Crippen molar-refractivity contribution in [2.75, 3.05) is 6.61 Å². The van der Waals surface area contributed by atoms with Crippen molar-refractivity contribution in [3.63, 3.8) is 0 Å². The zero-order valence-corrected chi connectivity index (χ0v) is 15.8. The molecule has 0 aromatic carbocycles. The van der Waals surface area contributed by atoms with Crippen molar-refractivity contribution in [3.8, 4) is 0 Å². The molecule has 7 nitrogen and oxygen atoms in total. The second kappa shape index (κ2) is 9.52. The van der Waals surface area contributed by atoms with Crippen LogP contribution in [0.3, 0.4) is 0 Å². The van der Waals surface area contributed by atoms with Crippen LogP contribution in [0.25, 0.3) is 0 Å². The first-order chi connectivity index (χ1) is 12.5. The molecular formula is C19H28N2O5. The van der Waals surface area contributed by atoms with Gasteiger partial charge in [-0.05, 0) is 18.9 Å². The largest absolute Gasteiger partial charge is 0.456 e. The highest BCUT2D eigenvalue weighted by Gasteiger charge is 2.23. The number of hydrogen-bond acceptors (Lipinski definition) is 5. The SMILES string of the molecule is CCCCn1cc([C@@H]2C=C[C@@H](OC(C)=O)CO2)c(=O)n(CCCC)c1=O. The fraction of sp³-hybridized carbons (Fsp3) is 0.632.